The van der Waals surface area contributed by atoms with Gasteiger partial charge in [0.05, 0.1) is 16.8 Å². The van der Waals surface area contributed by atoms with Crippen molar-refractivity contribution in [1.82, 2.24) is 0 Å². The van der Waals surface area contributed by atoms with Gasteiger partial charge in [0.2, 0.25) is 0 Å². The molecule has 142 valence electrons. The molecular weight excluding hydrogens is 667 g/mol. The first-order valence-corrected chi connectivity index (χ1v) is 10.6. The minimum atomic E-state index is -4.53. The van der Waals surface area contributed by atoms with E-state index in [2.05, 4.69) is 63.7 Å². The van der Waals surface area contributed by atoms with Crippen LogP contribution in [-0.2, 0) is 0 Å². The second-order valence-corrected chi connectivity index (χ2v) is 11.5. The van der Waals surface area contributed by atoms with Crippen LogP contribution in [0.4, 0.5) is 18.9 Å². The zero-order chi connectivity index (χ0) is 19.8. The zero-order valence-corrected chi connectivity index (χ0v) is 20.6. The highest BCUT2D eigenvalue weighted by atomic mass is 79.9. The Kier molecular flexibility index (Phi) is 8.53. The molecule has 0 heterocycles. The molecular formula is C13H10Br4Cl3F3N2. The summed E-state index contributed by atoms with van der Waals surface area (Å²) >= 11 is 29.2. The lowest BCUT2D eigenvalue weighted by molar-refractivity contribution is -0.162. The van der Waals surface area contributed by atoms with Crippen molar-refractivity contribution in [3.8, 4) is 0 Å². The summed E-state index contributed by atoms with van der Waals surface area (Å²) in [5.74, 6) is 0. The Balaban J connectivity index is 0.000000271. The van der Waals surface area contributed by atoms with Crippen LogP contribution in [0.25, 0.3) is 0 Å². The lowest BCUT2D eigenvalue weighted by Gasteiger charge is -2.43. The highest BCUT2D eigenvalue weighted by molar-refractivity contribution is 9.11. The molecule has 1 aliphatic rings. The molecule has 0 saturated carbocycles. The molecule has 25 heavy (non-hydrogen) atoms. The van der Waals surface area contributed by atoms with Crippen LogP contribution in [0.5, 0.6) is 0 Å². The number of anilines is 1. The molecule has 0 bridgehead atoms. The Morgan fingerprint density at radius 2 is 1.68 bits per heavy atom. The van der Waals surface area contributed by atoms with Crippen LogP contribution < -0.4 is 11.5 Å². The number of hydrogen-bond donors (Lipinski definition) is 2. The number of nitrogens with two attached hydrogens (primary N) is 2. The monoisotopic (exact) mass is 672 g/mol. The predicted octanol–water partition coefficient (Wildman–Crippen LogP) is 7.31. The first-order chi connectivity index (χ1) is 11.1. The average molecular weight is 677 g/mol. The third-order valence-electron chi connectivity index (χ3n) is 3.20. The second-order valence-electron chi connectivity index (χ2n) is 5.06. The van der Waals surface area contributed by atoms with Gasteiger partial charge in [0.15, 0.2) is 0 Å². The number of nitrogen functional groups attached to an aromatic ring is 1. The number of hydrogen-bond acceptors (Lipinski definition) is 2. The molecule has 1 aromatic rings. The van der Waals surface area contributed by atoms with Gasteiger partial charge in [-0.15, -0.1) is 11.6 Å². The van der Waals surface area contributed by atoms with Gasteiger partial charge in [0.1, 0.15) is 8.11 Å². The summed E-state index contributed by atoms with van der Waals surface area (Å²) in [6.45, 7) is 0. The van der Waals surface area contributed by atoms with E-state index >= 15 is 0 Å². The number of benzene rings is 1. The molecule has 0 radical (unpaired) electrons. The lowest BCUT2D eigenvalue weighted by Crippen LogP contribution is -2.61. The molecule has 0 spiro atoms. The largest absolute Gasteiger partial charge is 0.405 e. The molecule has 4 N–H and O–H groups in total. The standard InChI is InChI=1S/C7H6Br2Cl2F3N.C6H4Br2ClN/c8-5(7(12,13)14)1-3(10)2-6(9,11)4(5)15;7-3-1-4(8)6(10)5(9)2-3/h2,4H,1,15H2;1-2H,10H2. The fourth-order valence-electron chi connectivity index (χ4n) is 1.84. The molecule has 12 heteroatoms. The van der Waals surface area contributed by atoms with E-state index in [1.165, 1.54) is 6.08 Å². The fraction of sp³-hybridized carbons (Fsp3) is 0.385. The quantitative estimate of drug-likeness (QED) is 0.224. The van der Waals surface area contributed by atoms with Gasteiger partial charge >= 0.3 is 6.18 Å². The maximum Gasteiger partial charge on any atom is 0.405 e. The average Bonchev–Trinajstić information content (AvgIpc) is 2.41. The van der Waals surface area contributed by atoms with Crippen LogP contribution in [0, 0.1) is 0 Å². The Labute approximate surface area is 191 Å². The van der Waals surface area contributed by atoms with Gasteiger partial charge in [0, 0.05) is 20.4 Å². The maximum atomic E-state index is 12.8. The third kappa shape index (κ3) is 5.89. The third-order valence-corrected chi connectivity index (χ3v) is 7.16. The molecule has 0 amide bonds. The Bertz CT molecular complexity index is 662. The van der Waals surface area contributed by atoms with Crippen LogP contribution in [0.1, 0.15) is 6.42 Å². The van der Waals surface area contributed by atoms with Gasteiger partial charge in [-0.3, -0.25) is 0 Å². The van der Waals surface area contributed by atoms with Crippen LogP contribution in [0.2, 0.25) is 5.02 Å². The summed E-state index contributed by atoms with van der Waals surface area (Å²) in [4.78, 5) is 0. The van der Waals surface area contributed by atoms with Gasteiger partial charge in [-0.1, -0.05) is 71.0 Å². The second kappa shape index (κ2) is 8.76. The van der Waals surface area contributed by atoms with E-state index in [0.717, 1.165) is 8.95 Å². The minimum absolute atomic E-state index is 0.0118. The van der Waals surface area contributed by atoms with Gasteiger partial charge < -0.3 is 11.5 Å². The van der Waals surface area contributed by atoms with E-state index in [0.29, 0.717) is 10.7 Å². The van der Waals surface area contributed by atoms with Gasteiger partial charge in [-0.25, -0.2) is 0 Å². The zero-order valence-electron chi connectivity index (χ0n) is 12.0. The Morgan fingerprint density at radius 1 is 1.16 bits per heavy atom. The van der Waals surface area contributed by atoms with E-state index in [9.17, 15) is 13.2 Å². The van der Waals surface area contributed by atoms with E-state index < -0.39 is 26.7 Å². The first-order valence-electron chi connectivity index (χ1n) is 6.28. The number of allylic oxidation sites excluding steroid dienone is 1. The van der Waals surface area contributed by atoms with Crippen molar-refractivity contribution >= 4 is 104 Å². The predicted molar refractivity (Wildman–Crippen MR) is 113 cm³/mol. The summed E-state index contributed by atoms with van der Waals surface area (Å²) in [6, 6.07) is 2.22. The van der Waals surface area contributed by atoms with Crippen LogP contribution in [-0.4, -0.2) is 20.3 Å². The molecule has 1 aromatic carbocycles. The smallest absolute Gasteiger partial charge is 0.397 e. The Morgan fingerprint density at radius 3 is 2.12 bits per heavy atom. The molecule has 0 aliphatic heterocycles. The molecule has 0 aromatic heterocycles. The lowest BCUT2D eigenvalue weighted by atomic mass is 9.88. The van der Waals surface area contributed by atoms with Crippen molar-refractivity contribution in [2.24, 2.45) is 5.73 Å². The van der Waals surface area contributed by atoms with E-state index in [4.69, 9.17) is 46.3 Å². The number of alkyl halides is 6. The molecule has 3 unspecified atom stereocenters. The van der Waals surface area contributed by atoms with E-state index in [1.54, 1.807) is 6.07 Å². The SMILES string of the molecule is NC1C(Cl)(Br)C=C(Cl)CC1(Br)C(F)(F)F.Nc1c(Cl)cc(Br)cc1Br. The normalized spacial score (nSPS) is 29.6. The summed E-state index contributed by atoms with van der Waals surface area (Å²) in [7, 11) is 0. The van der Waals surface area contributed by atoms with Gasteiger partial charge in [0.25, 0.3) is 0 Å². The van der Waals surface area contributed by atoms with Crippen molar-refractivity contribution < 1.29 is 13.2 Å². The van der Waals surface area contributed by atoms with Crippen LogP contribution in [0.3, 0.4) is 0 Å². The van der Waals surface area contributed by atoms with Gasteiger partial charge in [-0.2, -0.15) is 13.2 Å². The van der Waals surface area contributed by atoms with Crippen LogP contribution >= 0.6 is 98.5 Å². The summed E-state index contributed by atoms with van der Waals surface area (Å²) < 4.78 is 36.3. The summed E-state index contributed by atoms with van der Waals surface area (Å²) in [6.07, 6.45) is -3.69. The summed E-state index contributed by atoms with van der Waals surface area (Å²) in [5, 5.41) is 0.569. The molecule has 1 aliphatic carbocycles. The molecule has 2 rings (SSSR count). The van der Waals surface area contributed by atoms with Crippen molar-refractivity contribution in [3.05, 3.63) is 37.2 Å². The fourth-order valence-corrected chi connectivity index (χ4v) is 6.35. The van der Waals surface area contributed by atoms with Gasteiger partial charge in [-0.05, 0) is 34.1 Å². The molecule has 3 atom stereocenters. The molecule has 0 fully saturated rings. The number of halogens is 10. The van der Waals surface area contributed by atoms with Crippen molar-refractivity contribution in [3.63, 3.8) is 0 Å². The Hall–Kier alpha value is 1.30. The highest BCUT2D eigenvalue weighted by Crippen LogP contribution is 2.53. The van der Waals surface area contributed by atoms with Crippen molar-refractivity contribution in [2.75, 3.05) is 5.73 Å². The van der Waals surface area contributed by atoms with E-state index in [1.807, 2.05) is 6.07 Å². The highest BCUT2D eigenvalue weighted by Gasteiger charge is 2.63. The first kappa shape index (κ1) is 24.3. The van der Waals surface area contributed by atoms with Crippen molar-refractivity contribution in [2.45, 2.75) is 26.7 Å². The summed E-state index contributed by atoms with van der Waals surface area (Å²) in [5.41, 5.74) is 11.6. The maximum absolute atomic E-state index is 12.8. The minimum Gasteiger partial charge on any atom is -0.397 e. The topological polar surface area (TPSA) is 52.0 Å². The van der Waals surface area contributed by atoms with E-state index in [-0.39, 0.29) is 5.03 Å². The van der Waals surface area contributed by atoms with Crippen LogP contribution in [0.15, 0.2) is 32.2 Å². The number of rotatable bonds is 0. The molecule has 0 saturated heterocycles. The molecule has 2 nitrogen and oxygen atoms in total. The van der Waals surface area contributed by atoms with Crippen molar-refractivity contribution in [1.29, 1.82) is 0 Å².